The molecule has 2 aromatic rings. The van der Waals surface area contributed by atoms with E-state index in [9.17, 15) is 0 Å². The van der Waals surface area contributed by atoms with E-state index in [0.29, 0.717) is 6.73 Å². The first-order chi connectivity index (χ1) is 10.9. The lowest BCUT2D eigenvalue weighted by atomic mass is 10.1. The molecule has 23 heavy (non-hydrogen) atoms. The van der Waals surface area contributed by atoms with Gasteiger partial charge in [0.1, 0.15) is 18.2 Å². The zero-order valence-electron chi connectivity index (χ0n) is 14.6. The zero-order chi connectivity index (χ0) is 16.9. The Balaban J connectivity index is 2.11. The molecule has 0 spiro atoms. The maximum atomic E-state index is 5.82. The van der Waals surface area contributed by atoms with Crippen molar-refractivity contribution in [2.24, 2.45) is 0 Å². The molecule has 0 aliphatic heterocycles. The molecule has 0 amide bonds. The molecule has 0 N–H and O–H groups in total. The summed E-state index contributed by atoms with van der Waals surface area (Å²) >= 11 is 0. The van der Waals surface area contributed by atoms with E-state index in [1.165, 1.54) is 0 Å². The zero-order valence-corrected chi connectivity index (χ0v) is 15.6. The number of benzene rings is 1. The molecule has 0 aliphatic rings. The van der Waals surface area contributed by atoms with Gasteiger partial charge in [-0.25, -0.2) is 4.98 Å². The molecule has 0 saturated carbocycles. The van der Waals surface area contributed by atoms with Crippen molar-refractivity contribution in [3.8, 4) is 22.8 Å². The van der Waals surface area contributed by atoms with Crippen molar-refractivity contribution in [2.45, 2.75) is 32.4 Å². The number of aromatic nitrogens is 2. The van der Waals surface area contributed by atoms with Crippen molar-refractivity contribution in [1.29, 1.82) is 0 Å². The van der Waals surface area contributed by atoms with Crippen LogP contribution in [0.1, 0.15) is 0 Å². The topological polar surface area (TPSA) is 45.5 Å². The van der Waals surface area contributed by atoms with Crippen LogP contribution < -0.4 is 9.47 Å². The molecule has 0 fully saturated rings. The SMILES string of the molecule is COc1cc(OC)cc(-c2cncn2COCC[Si](C)(C)C)c1. The molecule has 0 aliphatic carbocycles. The smallest absolute Gasteiger partial charge is 0.124 e. The van der Waals surface area contributed by atoms with Gasteiger partial charge < -0.3 is 18.8 Å². The van der Waals surface area contributed by atoms with Crippen LogP contribution in [-0.4, -0.2) is 38.5 Å². The minimum Gasteiger partial charge on any atom is -0.497 e. The van der Waals surface area contributed by atoms with Gasteiger partial charge in [-0.2, -0.15) is 0 Å². The second-order valence-corrected chi connectivity index (χ2v) is 12.3. The lowest BCUT2D eigenvalue weighted by molar-refractivity contribution is 0.0882. The van der Waals surface area contributed by atoms with Crippen LogP contribution in [0.2, 0.25) is 25.7 Å². The molecule has 0 atom stereocenters. The van der Waals surface area contributed by atoms with E-state index < -0.39 is 8.07 Å². The Morgan fingerprint density at radius 2 is 1.70 bits per heavy atom. The van der Waals surface area contributed by atoms with Crippen LogP contribution in [0.25, 0.3) is 11.3 Å². The van der Waals surface area contributed by atoms with Crippen LogP contribution in [-0.2, 0) is 11.5 Å². The van der Waals surface area contributed by atoms with Crippen molar-refractivity contribution in [2.75, 3.05) is 20.8 Å². The average molecular weight is 334 g/mol. The summed E-state index contributed by atoms with van der Waals surface area (Å²) in [6.45, 7) is 8.33. The van der Waals surface area contributed by atoms with Crippen LogP contribution >= 0.6 is 0 Å². The summed E-state index contributed by atoms with van der Waals surface area (Å²) in [4.78, 5) is 4.25. The first-order valence-corrected chi connectivity index (χ1v) is 11.4. The van der Waals surface area contributed by atoms with E-state index in [-0.39, 0.29) is 0 Å². The second kappa shape index (κ2) is 7.65. The van der Waals surface area contributed by atoms with Crippen molar-refractivity contribution in [3.63, 3.8) is 0 Å². The van der Waals surface area contributed by atoms with Gasteiger partial charge >= 0.3 is 0 Å². The van der Waals surface area contributed by atoms with Crippen LogP contribution in [0.3, 0.4) is 0 Å². The van der Waals surface area contributed by atoms with Gasteiger partial charge in [0, 0.05) is 26.3 Å². The number of hydrogen-bond acceptors (Lipinski definition) is 4. The fraction of sp³-hybridized carbons (Fsp3) is 0.471. The second-order valence-electron chi connectivity index (χ2n) is 6.70. The summed E-state index contributed by atoms with van der Waals surface area (Å²) in [7, 11) is 2.23. The summed E-state index contributed by atoms with van der Waals surface area (Å²) < 4.78 is 18.5. The van der Waals surface area contributed by atoms with Crippen LogP contribution in [0.15, 0.2) is 30.7 Å². The molecular formula is C17H26N2O3Si. The predicted octanol–water partition coefficient (Wildman–Crippen LogP) is 3.88. The van der Waals surface area contributed by atoms with Crippen LogP contribution in [0.5, 0.6) is 11.5 Å². The molecule has 5 nitrogen and oxygen atoms in total. The quantitative estimate of drug-likeness (QED) is 0.543. The van der Waals surface area contributed by atoms with Gasteiger partial charge in [-0.1, -0.05) is 19.6 Å². The van der Waals surface area contributed by atoms with Crippen LogP contribution in [0.4, 0.5) is 0 Å². The number of ether oxygens (including phenoxy) is 3. The standard InChI is InChI=1S/C17H26N2O3Si/c1-20-15-8-14(9-16(10-15)21-2)17-11-18-12-19(17)13-22-6-7-23(3,4)5/h8-12H,6-7,13H2,1-5H3. The normalized spacial score (nSPS) is 11.5. The molecule has 1 aromatic heterocycles. The summed E-state index contributed by atoms with van der Waals surface area (Å²) in [5.74, 6) is 1.51. The van der Waals surface area contributed by atoms with Crippen molar-refractivity contribution < 1.29 is 14.2 Å². The van der Waals surface area contributed by atoms with E-state index in [0.717, 1.165) is 35.4 Å². The fourth-order valence-electron chi connectivity index (χ4n) is 2.16. The highest BCUT2D eigenvalue weighted by Gasteiger charge is 2.13. The molecule has 126 valence electrons. The minimum atomic E-state index is -1.06. The van der Waals surface area contributed by atoms with E-state index in [1.54, 1.807) is 20.5 Å². The van der Waals surface area contributed by atoms with E-state index in [4.69, 9.17) is 14.2 Å². The maximum Gasteiger partial charge on any atom is 0.124 e. The highest BCUT2D eigenvalue weighted by Crippen LogP contribution is 2.29. The van der Waals surface area contributed by atoms with Crippen molar-refractivity contribution in [1.82, 2.24) is 9.55 Å². The van der Waals surface area contributed by atoms with Crippen molar-refractivity contribution >= 4 is 8.07 Å². The van der Waals surface area contributed by atoms with Gasteiger partial charge in [-0.3, -0.25) is 0 Å². The molecular weight excluding hydrogens is 308 g/mol. The number of nitrogens with zero attached hydrogens (tertiary/aromatic N) is 2. The Bertz CT molecular complexity index is 613. The van der Waals surface area contributed by atoms with Gasteiger partial charge in [0.25, 0.3) is 0 Å². The third kappa shape index (κ3) is 5.11. The molecule has 2 rings (SSSR count). The molecule has 1 aromatic carbocycles. The van der Waals surface area contributed by atoms with Gasteiger partial charge in [0.05, 0.1) is 32.4 Å². The Labute approximate surface area is 139 Å². The molecule has 1 heterocycles. The Morgan fingerprint density at radius 1 is 1.04 bits per heavy atom. The number of rotatable bonds is 8. The number of hydrogen-bond donors (Lipinski definition) is 0. The van der Waals surface area contributed by atoms with E-state index in [1.807, 2.05) is 29.0 Å². The maximum absolute atomic E-state index is 5.82. The molecule has 0 saturated heterocycles. The highest BCUT2D eigenvalue weighted by atomic mass is 28.3. The van der Waals surface area contributed by atoms with Gasteiger partial charge in [-0.15, -0.1) is 0 Å². The van der Waals surface area contributed by atoms with Crippen LogP contribution in [0, 0.1) is 0 Å². The molecule has 6 heteroatoms. The van der Waals surface area contributed by atoms with E-state index in [2.05, 4.69) is 24.6 Å². The number of methoxy groups -OCH3 is 2. The summed E-state index contributed by atoms with van der Waals surface area (Å²) in [5.41, 5.74) is 1.97. The molecule has 0 bridgehead atoms. The first kappa shape index (κ1) is 17.6. The Kier molecular flexibility index (Phi) is 5.84. The lowest BCUT2D eigenvalue weighted by Gasteiger charge is -2.16. The van der Waals surface area contributed by atoms with Gasteiger partial charge in [0.15, 0.2) is 0 Å². The molecule has 0 radical (unpaired) electrons. The Morgan fingerprint density at radius 3 is 2.26 bits per heavy atom. The van der Waals surface area contributed by atoms with Crippen molar-refractivity contribution in [3.05, 3.63) is 30.7 Å². The van der Waals surface area contributed by atoms with E-state index >= 15 is 0 Å². The third-order valence-corrected chi connectivity index (χ3v) is 5.29. The monoisotopic (exact) mass is 334 g/mol. The first-order valence-electron chi connectivity index (χ1n) is 7.74. The van der Waals surface area contributed by atoms with Gasteiger partial charge in [0.2, 0.25) is 0 Å². The summed E-state index contributed by atoms with van der Waals surface area (Å²) in [6.07, 6.45) is 3.62. The highest BCUT2D eigenvalue weighted by molar-refractivity contribution is 6.76. The fourth-order valence-corrected chi connectivity index (χ4v) is 2.92. The summed E-state index contributed by atoms with van der Waals surface area (Å²) in [5, 5.41) is 0. The third-order valence-electron chi connectivity index (χ3n) is 3.59. The molecule has 0 unspecified atom stereocenters. The predicted molar refractivity (Wildman–Crippen MR) is 94.9 cm³/mol. The van der Waals surface area contributed by atoms with Gasteiger partial charge in [-0.05, 0) is 18.2 Å². The lowest BCUT2D eigenvalue weighted by Crippen LogP contribution is -2.22. The summed E-state index contributed by atoms with van der Waals surface area (Å²) in [6, 6.07) is 6.95. The number of imidazole rings is 1. The average Bonchev–Trinajstić information content (AvgIpc) is 2.98. The Hall–Kier alpha value is -1.79. The minimum absolute atomic E-state index is 0.499. The largest absolute Gasteiger partial charge is 0.497 e.